The van der Waals surface area contributed by atoms with Crippen molar-refractivity contribution in [2.75, 3.05) is 7.11 Å². The van der Waals surface area contributed by atoms with Crippen LogP contribution in [-0.2, 0) is 9.53 Å². The second-order valence-corrected chi connectivity index (χ2v) is 2.72. The molecule has 3 nitrogen and oxygen atoms in total. The van der Waals surface area contributed by atoms with Crippen LogP contribution in [0.1, 0.15) is 12.0 Å². The molecule has 15 heavy (non-hydrogen) atoms. The van der Waals surface area contributed by atoms with Gasteiger partial charge in [0.05, 0.1) is 7.11 Å². The van der Waals surface area contributed by atoms with Crippen molar-refractivity contribution in [3.63, 3.8) is 0 Å². The molecule has 4 heteroatoms. The highest BCUT2D eigenvalue weighted by molar-refractivity contribution is 5.72. The van der Waals surface area contributed by atoms with Gasteiger partial charge in [-0.3, -0.25) is 4.79 Å². The minimum atomic E-state index is -0.736. The van der Waals surface area contributed by atoms with Crippen LogP contribution in [0, 0.1) is 17.7 Å². The fraction of sp³-hybridized carbons (Fsp3) is 0.182. The molecule has 0 saturated heterocycles. The number of ether oxygens (including phenoxy) is 1. The van der Waals surface area contributed by atoms with E-state index in [1.807, 2.05) is 0 Å². The summed E-state index contributed by atoms with van der Waals surface area (Å²) in [6, 6.07) is 3.76. The van der Waals surface area contributed by atoms with E-state index in [0.29, 0.717) is 5.56 Å². The molecule has 1 aromatic rings. The van der Waals surface area contributed by atoms with E-state index in [1.54, 1.807) is 0 Å². The predicted octanol–water partition coefficient (Wildman–Crippen LogP) is 1.45. The van der Waals surface area contributed by atoms with Gasteiger partial charge < -0.3 is 9.84 Å². The highest BCUT2D eigenvalue weighted by atomic mass is 19.1. The Morgan fingerprint density at radius 2 is 2.33 bits per heavy atom. The number of halogens is 1. The van der Waals surface area contributed by atoms with Crippen LogP contribution in [-0.4, -0.2) is 18.2 Å². The third-order valence-electron chi connectivity index (χ3n) is 1.64. The van der Waals surface area contributed by atoms with Gasteiger partial charge in [0, 0.05) is 5.56 Å². The van der Waals surface area contributed by atoms with E-state index in [9.17, 15) is 9.18 Å². The fourth-order valence-corrected chi connectivity index (χ4v) is 0.875. The number of rotatable bonds is 1. The number of carbonyl (C=O) groups is 1. The first kappa shape index (κ1) is 11.1. The number of benzene rings is 1. The van der Waals surface area contributed by atoms with Gasteiger partial charge in [-0.2, -0.15) is 0 Å². The Bertz CT molecular complexity index is 429. The van der Waals surface area contributed by atoms with Gasteiger partial charge in [0.25, 0.3) is 0 Å². The summed E-state index contributed by atoms with van der Waals surface area (Å²) in [7, 11) is 1.27. The summed E-state index contributed by atoms with van der Waals surface area (Å²) in [5.74, 6) is 3.50. The molecule has 0 aromatic heterocycles. The number of esters is 1. The maximum atomic E-state index is 12.8. The van der Waals surface area contributed by atoms with Crippen LogP contribution in [0.3, 0.4) is 0 Å². The lowest BCUT2D eigenvalue weighted by Gasteiger charge is -1.94. The maximum absolute atomic E-state index is 12.8. The summed E-state index contributed by atoms with van der Waals surface area (Å²) in [6.07, 6.45) is -0.0427. The van der Waals surface area contributed by atoms with Gasteiger partial charge in [0.1, 0.15) is 6.42 Å². The zero-order chi connectivity index (χ0) is 11.3. The number of phenols is 1. The number of hydrogen-bond donors (Lipinski definition) is 1. The molecule has 1 aromatic carbocycles. The highest BCUT2D eigenvalue weighted by Crippen LogP contribution is 2.15. The maximum Gasteiger partial charge on any atom is 0.317 e. The first-order valence-corrected chi connectivity index (χ1v) is 4.17. The zero-order valence-electron chi connectivity index (χ0n) is 8.08. The van der Waals surface area contributed by atoms with Gasteiger partial charge >= 0.3 is 5.97 Å². The number of aromatic hydroxyl groups is 1. The molecular weight excluding hydrogens is 199 g/mol. The highest BCUT2D eigenvalue weighted by Gasteiger charge is 1.99. The summed E-state index contributed by atoms with van der Waals surface area (Å²) in [6.45, 7) is 0. The summed E-state index contributed by atoms with van der Waals surface area (Å²) in [5.41, 5.74) is 0.397. The molecule has 1 N–H and O–H groups in total. The molecule has 0 bridgehead atoms. The minimum absolute atomic E-state index is 0.0427. The molecule has 0 aliphatic rings. The van der Waals surface area contributed by atoms with Crippen LogP contribution in [0.5, 0.6) is 5.75 Å². The van der Waals surface area contributed by atoms with Crippen LogP contribution in [0.4, 0.5) is 4.39 Å². The first-order chi connectivity index (χ1) is 7.13. The smallest absolute Gasteiger partial charge is 0.317 e. The van der Waals surface area contributed by atoms with E-state index >= 15 is 0 Å². The van der Waals surface area contributed by atoms with Gasteiger partial charge in [0.2, 0.25) is 0 Å². The predicted molar refractivity (Wildman–Crippen MR) is 51.6 cm³/mol. The van der Waals surface area contributed by atoms with E-state index in [0.717, 1.165) is 6.07 Å². The minimum Gasteiger partial charge on any atom is -0.505 e. The Balaban J connectivity index is 2.72. The van der Waals surface area contributed by atoms with Crippen LogP contribution in [0.25, 0.3) is 0 Å². The van der Waals surface area contributed by atoms with Crippen LogP contribution in [0.2, 0.25) is 0 Å². The van der Waals surface area contributed by atoms with Crippen molar-refractivity contribution in [3.8, 4) is 17.6 Å². The van der Waals surface area contributed by atoms with Crippen molar-refractivity contribution in [1.29, 1.82) is 0 Å². The third-order valence-corrected chi connectivity index (χ3v) is 1.64. The molecule has 0 unspecified atom stereocenters. The molecule has 0 aliphatic carbocycles. The van der Waals surface area contributed by atoms with E-state index < -0.39 is 17.5 Å². The average Bonchev–Trinajstić information content (AvgIpc) is 2.23. The van der Waals surface area contributed by atoms with Gasteiger partial charge in [-0.15, -0.1) is 0 Å². The lowest BCUT2D eigenvalue weighted by molar-refractivity contribution is -0.139. The Labute approximate surface area is 86.5 Å². The monoisotopic (exact) mass is 208 g/mol. The molecule has 1 rings (SSSR count). The standard InChI is InChI=1S/C11H9FO3/c1-15-11(14)4-2-3-8-5-6-10(13)9(12)7-8/h5-7,13H,4H2,1H3. The molecule has 0 saturated carbocycles. The van der Waals surface area contributed by atoms with Gasteiger partial charge in [0.15, 0.2) is 11.6 Å². The lowest BCUT2D eigenvalue weighted by Crippen LogP contribution is -1.97. The van der Waals surface area contributed by atoms with Crippen LogP contribution >= 0.6 is 0 Å². The van der Waals surface area contributed by atoms with E-state index in [4.69, 9.17) is 5.11 Å². The topological polar surface area (TPSA) is 46.5 Å². The van der Waals surface area contributed by atoms with Crippen molar-refractivity contribution in [3.05, 3.63) is 29.6 Å². The van der Waals surface area contributed by atoms with E-state index in [2.05, 4.69) is 16.6 Å². The quantitative estimate of drug-likeness (QED) is 0.561. The second-order valence-electron chi connectivity index (χ2n) is 2.72. The SMILES string of the molecule is COC(=O)CC#Cc1ccc(O)c(F)c1. The first-order valence-electron chi connectivity index (χ1n) is 4.17. The number of carbonyl (C=O) groups excluding carboxylic acids is 1. The molecule has 0 radical (unpaired) electrons. The zero-order valence-corrected chi connectivity index (χ0v) is 8.08. The largest absolute Gasteiger partial charge is 0.505 e. The molecule has 78 valence electrons. The number of methoxy groups -OCH3 is 1. The van der Waals surface area contributed by atoms with Crippen LogP contribution < -0.4 is 0 Å². The average molecular weight is 208 g/mol. The summed E-state index contributed by atoms with van der Waals surface area (Å²) < 4.78 is 17.2. The molecule has 0 heterocycles. The third kappa shape index (κ3) is 3.31. The summed E-state index contributed by atoms with van der Waals surface area (Å²) in [5, 5.41) is 8.90. The molecule has 0 amide bonds. The number of phenolic OH excluding ortho intramolecular Hbond substituents is 1. The van der Waals surface area contributed by atoms with Gasteiger partial charge in [-0.1, -0.05) is 11.8 Å². The number of hydrogen-bond acceptors (Lipinski definition) is 3. The van der Waals surface area contributed by atoms with Crippen molar-refractivity contribution in [2.24, 2.45) is 0 Å². The Morgan fingerprint density at radius 1 is 1.60 bits per heavy atom. The second kappa shape index (κ2) is 5.01. The Kier molecular flexibility index (Phi) is 3.69. The van der Waals surface area contributed by atoms with Crippen molar-refractivity contribution < 1.29 is 19.0 Å². The van der Waals surface area contributed by atoms with E-state index in [-0.39, 0.29) is 6.42 Å². The summed E-state index contributed by atoms with van der Waals surface area (Å²) in [4.78, 5) is 10.7. The molecule has 0 spiro atoms. The molecular formula is C11H9FO3. The van der Waals surface area contributed by atoms with Crippen molar-refractivity contribution >= 4 is 5.97 Å². The lowest BCUT2D eigenvalue weighted by atomic mass is 10.2. The molecule has 0 atom stereocenters. The van der Waals surface area contributed by atoms with Crippen molar-refractivity contribution in [1.82, 2.24) is 0 Å². The summed E-state index contributed by atoms with van der Waals surface area (Å²) >= 11 is 0. The Hall–Kier alpha value is -2.02. The van der Waals surface area contributed by atoms with Gasteiger partial charge in [-0.25, -0.2) is 4.39 Å². The van der Waals surface area contributed by atoms with Gasteiger partial charge in [-0.05, 0) is 18.2 Å². The van der Waals surface area contributed by atoms with Crippen LogP contribution in [0.15, 0.2) is 18.2 Å². The van der Waals surface area contributed by atoms with Crippen molar-refractivity contribution in [2.45, 2.75) is 6.42 Å². The molecule has 0 fully saturated rings. The molecule has 0 aliphatic heterocycles. The normalized spacial score (nSPS) is 8.93. The Morgan fingerprint density at radius 3 is 2.93 bits per heavy atom. The van der Waals surface area contributed by atoms with E-state index in [1.165, 1.54) is 19.2 Å². The fourth-order valence-electron chi connectivity index (χ4n) is 0.875.